The average molecular weight is 317 g/mol. The molecule has 1 aromatic heterocycles. The Morgan fingerprint density at radius 1 is 1.16 bits per heavy atom. The van der Waals surface area contributed by atoms with Gasteiger partial charge in [-0.05, 0) is 24.3 Å². The molecule has 0 aliphatic heterocycles. The van der Waals surface area contributed by atoms with Gasteiger partial charge in [-0.15, -0.1) is 11.3 Å². The second-order valence-electron chi connectivity index (χ2n) is 3.43. The Balaban J connectivity index is 0.000000861. The number of thiophene rings is 1. The standard InChI is InChI=1S/C12H8Cl2O2S.C2H6/c13-8-2-1-3-9(14)12(8)10-5-4-7(17-10)6-11(15)16;1-2/h1-5H,6H2,(H,15,16);1-2H3. The lowest BCUT2D eigenvalue weighted by atomic mass is 10.2. The van der Waals surface area contributed by atoms with Crippen molar-refractivity contribution < 1.29 is 9.90 Å². The van der Waals surface area contributed by atoms with Gasteiger partial charge in [0.25, 0.3) is 0 Å². The Morgan fingerprint density at radius 2 is 1.74 bits per heavy atom. The molecule has 0 aliphatic rings. The van der Waals surface area contributed by atoms with Gasteiger partial charge in [0.15, 0.2) is 0 Å². The zero-order valence-electron chi connectivity index (χ0n) is 10.6. The first-order valence-electron chi connectivity index (χ1n) is 5.83. The van der Waals surface area contributed by atoms with Crippen LogP contribution in [0.15, 0.2) is 30.3 Å². The van der Waals surface area contributed by atoms with Crippen LogP contribution in [0, 0.1) is 0 Å². The zero-order chi connectivity index (χ0) is 14.4. The number of benzene rings is 1. The Hall–Kier alpha value is -1.03. The van der Waals surface area contributed by atoms with Gasteiger partial charge in [0.2, 0.25) is 0 Å². The maximum absolute atomic E-state index is 10.6. The van der Waals surface area contributed by atoms with E-state index in [1.165, 1.54) is 11.3 Å². The average Bonchev–Trinajstić information content (AvgIpc) is 2.79. The van der Waals surface area contributed by atoms with Crippen molar-refractivity contribution in [2.45, 2.75) is 20.3 Å². The van der Waals surface area contributed by atoms with Gasteiger partial charge in [-0.2, -0.15) is 0 Å². The van der Waals surface area contributed by atoms with Crippen LogP contribution in [-0.2, 0) is 11.2 Å². The van der Waals surface area contributed by atoms with Crippen LogP contribution in [0.5, 0.6) is 0 Å². The summed E-state index contributed by atoms with van der Waals surface area (Å²) in [6.45, 7) is 4.00. The molecule has 2 aromatic rings. The lowest BCUT2D eigenvalue weighted by molar-refractivity contribution is -0.136. The SMILES string of the molecule is CC.O=C(O)Cc1ccc(-c2c(Cl)cccc2Cl)s1. The minimum atomic E-state index is -0.844. The van der Waals surface area contributed by atoms with Crippen LogP contribution in [0.2, 0.25) is 10.0 Å². The van der Waals surface area contributed by atoms with Gasteiger partial charge in [0.1, 0.15) is 0 Å². The lowest BCUT2D eigenvalue weighted by Gasteiger charge is -2.03. The molecule has 0 aliphatic carbocycles. The highest BCUT2D eigenvalue weighted by Crippen LogP contribution is 2.38. The Labute approximate surface area is 126 Å². The summed E-state index contributed by atoms with van der Waals surface area (Å²) in [5.74, 6) is -0.844. The second-order valence-corrected chi connectivity index (χ2v) is 5.42. The van der Waals surface area contributed by atoms with Crippen molar-refractivity contribution >= 4 is 40.5 Å². The van der Waals surface area contributed by atoms with Gasteiger partial charge in [0.05, 0.1) is 16.5 Å². The van der Waals surface area contributed by atoms with Crippen molar-refractivity contribution in [3.8, 4) is 10.4 Å². The Kier molecular flexibility index (Phi) is 6.35. The van der Waals surface area contributed by atoms with Crippen LogP contribution >= 0.6 is 34.5 Å². The van der Waals surface area contributed by atoms with Gasteiger partial charge < -0.3 is 5.11 Å². The van der Waals surface area contributed by atoms with E-state index in [0.717, 1.165) is 15.3 Å². The largest absolute Gasteiger partial charge is 0.481 e. The van der Waals surface area contributed by atoms with Crippen LogP contribution in [0.25, 0.3) is 10.4 Å². The molecule has 0 unspecified atom stereocenters. The van der Waals surface area contributed by atoms with Crippen LogP contribution in [0.1, 0.15) is 18.7 Å². The number of halogens is 2. The number of rotatable bonds is 3. The van der Waals surface area contributed by atoms with Crippen molar-refractivity contribution in [2.75, 3.05) is 0 Å². The van der Waals surface area contributed by atoms with E-state index in [1.54, 1.807) is 24.3 Å². The molecule has 102 valence electrons. The maximum atomic E-state index is 10.6. The van der Waals surface area contributed by atoms with Crippen molar-refractivity contribution in [3.63, 3.8) is 0 Å². The highest BCUT2D eigenvalue weighted by atomic mass is 35.5. The first kappa shape index (κ1) is 16.0. The highest BCUT2D eigenvalue weighted by Gasteiger charge is 2.11. The third-order valence-electron chi connectivity index (χ3n) is 2.20. The Bertz CT molecular complexity index is 544. The number of hydrogen-bond acceptors (Lipinski definition) is 2. The van der Waals surface area contributed by atoms with Crippen molar-refractivity contribution in [3.05, 3.63) is 45.3 Å². The van der Waals surface area contributed by atoms with Crippen LogP contribution < -0.4 is 0 Å². The molecule has 1 N–H and O–H groups in total. The summed E-state index contributed by atoms with van der Waals surface area (Å²) in [5, 5.41) is 9.85. The molecule has 1 heterocycles. The summed E-state index contributed by atoms with van der Waals surface area (Å²) in [6.07, 6.45) is 0.0206. The summed E-state index contributed by atoms with van der Waals surface area (Å²) in [6, 6.07) is 8.93. The van der Waals surface area contributed by atoms with Crippen LogP contribution in [-0.4, -0.2) is 11.1 Å². The molecule has 1 aromatic carbocycles. The molecule has 2 nitrogen and oxygen atoms in total. The summed E-state index contributed by atoms with van der Waals surface area (Å²) < 4.78 is 0. The van der Waals surface area contributed by atoms with Gasteiger partial charge in [-0.3, -0.25) is 4.79 Å². The molecule has 0 amide bonds. The van der Waals surface area contributed by atoms with Crippen molar-refractivity contribution in [1.29, 1.82) is 0 Å². The van der Waals surface area contributed by atoms with E-state index in [9.17, 15) is 4.79 Å². The molecular formula is C14H14Cl2O2S. The molecule has 5 heteroatoms. The maximum Gasteiger partial charge on any atom is 0.308 e. The number of carbonyl (C=O) groups is 1. The third kappa shape index (κ3) is 4.23. The quantitative estimate of drug-likeness (QED) is 0.825. The molecule has 0 spiro atoms. The number of hydrogen-bond donors (Lipinski definition) is 1. The number of carboxylic acid groups (broad SMARTS) is 1. The molecule has 0 bridgehead atoms. The molecular weight excluding hydrogens is 303 g/mol. The fourth-order valence-electron chi connectivity index (χ4n) is 1.49. The number of carboxylic acids is 1. The van der Waals surface area contributed by atoms with Gasteiger partial charge >= 0.3 is 5.97 Å². The van der Waals surface area contributed by atoms with E-state index >= 15 is 0 Å². The van der Waals surface area contributed by atoms with E-state index < -0.39 is 5.97 Å². The van der Waals surface area contributed by atoms with Crippen molar-refractivity contribution in [2.24, 2.45) is 0 Å². The predicted molar refractivity (Wildman–Crippen MR) is 82.5 cm³/mol. The van der Waals surface area contributed by atoms with Crippen LogP contribution in [0.4, 0.5) is 0 Å². The fourth-order valence-corrected chi connectivity index (χ4v) is 3.27. The summed E-state index contributed by atoms with van der Waals surface area (Å²) >= 11 is 13.6. The van der Waals surface area contributed by atoms with Crippen molar-refractivity contribution in [1.82, 2.24) is 0 Å². The fraction of sp³-hybridized carbons (Fsp3) is 0.214. The van der Waals surface area contributed by atoms with Crippen LogP contribution in [0.3, 0.4) is 0 Å². The normalized spacial score (nSPS) is 9.68. The van der Waals surface area contributed by atoms with E-state index in [4.69, 9.17) is 28.3 Å². The predicted octanol–water partition coefficient (Wildman–Crippen LogP) is 5.38. The third-order valence-corrected chi connectivity index (χ3v) is 3.93. The summed E-state index contributed by atoms with van der Waals surface area (Å²) in [5.41, 5.74) is 0.762. The monoisotopic (exact) mass is 316 g/mol. The van der Waals surface area contributed by atoms with E-state index in [0.29, 0.717) is 10.0 Å². The molecule has 0 radical (unpaired) electrons. The summed E-state index contributed by atoms with van der Waals surface area (Å²) in [7, 11) is 0. The molecule has 0 saturated carbocycles. The molecule has 0 saturated heterocycles. The summed E-state index contributed by atoms with van der Waals surface area (Å²) in [4.78, 5) is 12.3. The van der Waals surface area contributed by atoms with E-state index in [1.807, 2.05) is 19.9 Å². The Morgan fingerprint density at radius 3 is 2.26 bits per heavy atom. The first-order chi connectivity index (χ1) is 9.08. The minimum Gasteiger partial charge on any atom is -0.481 e. The van der Waals surface area contributed by atoms with Gasteiger partial charge in [0, 0.05) is 15.3 Å². The zero-order valence-corrected chi connectivity index (χ0v) is 12.9. The molecule has 19 heavy (non-hydrogen) atoms. The topological polar surface area (TPSA) is 37.3 Å². The molecule has 0 fully saturated rings. The minimum absolute atomic E-state index is 0.0206. The van der Waals surface area contributed by atoms with E-state index in [-0.39, 0.29) is 6.42 Å². The first-order valence-corrected chi connectivity index (χ1v) is 7.40. The molecule has 2 rings (SSSR count). The van der Waals surface area contributed by atoms with E-state index in [2.05, 4.69) is 0 Å². The molecule has 0 atom stereocenters. The van der Waals surface area contributed by atoms with Gasteiger partial charge in [-0.1, -0.05) is 43.1 Å². The number of aliphatic carboxylic acids is 1. The second kappa shape index (κ2) is 7.53. The van der Waals surface area contributed by atoms with Gasteiger partial charge in [-0.25, -0.2) is 0 Å². The smallest absolute Gasteiger partial charge is 0.308 e. The lowest BCUT2D eigenvalue weighted by Crippen LogP contribution is -1.96. The highest BCUT2D eigenvalue weighted by molar-refractivity contribution is 7.15.